The van der Waals surface area contributed by atoms with Gasteiger partial charge in [-0.3, -0.25) is 4.68 Å². The van der Waals surface area contributed by atoms with Crippen molar-refractivity contribution < 1.29 is 4.42 Å². The Hall–Kier alpha value is -1.10. The van der Waals surface area contributed by atoms with E-state index in [1.165, 1.54) is 0 Å². The second kappa shape index (κ2) is 3.33. The summed E-state index contributed by atoms with van der Waals surface area (Å²) >= 11 is 3.27. The SMILES string of the molecule is Cc1cnc(Cn2ccc(Br)n2)o1. The molecule has 13 heavy (non-hydrogen) atoms. The maximum atomic E-state index is 5.31. The highest BCUT2D eigenvalue weighted by Crippen LogP contribution is 2.07. The lowest BCUT2D eigenvalue weighted by Gasteiger charge is -1.94. The molecular weight excluding hydrogens is 234 g/mol. The molecule has 0 fully saturated rings. The summed E-state index contributed by atoms with van der Waals surface area (Å²) in [4.78, 5) is 4.08. The topological polar surface area (TPSA) is 43.9 Å². The van der Waals surface area contributed by atoms with Crippen LogP contribution in [0.25, 0.3) is 0 Å². The standard InChI is InChI=1S/C8H8BrN3O/c1-6-4-10-8(13-6)5-12-3-2-7(9)11-12/h2-4H,5H2,1H3. The van der Waals surface area contributed by atoms with Gasteiger partial charge in [0.1, 0.15) is 16.9 Å². The fraction of sp³-hybridized carbons (Fsp3) is 0.250. The number of nitrogens with zero attached hydrogens (tertiary/aromatic N) is 3. The predicted octanol–water partition coefficient (Wildman–Crippen LogP) is 1.99. The molecule has 0 amide bonds. The van der Waals surface area contributed by atoms with Crippen molar-refractivity contribution in [2.24, 2.45) is 0 Å². The summed E-state index contributed by atoms with van der Waals surface area (Å²) in [7, 11) is 0. The molecule has 68 valence electrons. The molecule has 4 nitrogen and oxygen atoms in total. The van der Waals surface area contributed by atoms with Crippen LogP contribution in [0, 0.1) is 6.92 Å². The van der Waals surface area contributed by atoms with Crippen LogP contribution in [0.15, 0.2) is 27.5 Å². The van der Waals surface area contributed by atoms with Crippen LogP contribution >= 0.6 is 15.9 Å². The van der Waals surface area contributed by atoms with Crippen LogP contribution < -0.4 is 0 Å². The highest BCUT2D eigenvalue weighted by molar-refractivity contribution is 9.10. The van der Waals surface area contributed by atoms with Gasteiger partial charge in [-0.25, -0.2) is 4.98 Å². The number of halogens is 1. The van der Waals surface area contributed by atoms with Crippen molar-refractivity contribution in [3.63, 3.8) is 0 Å². The Balaban J connectivity index is 2.14. The average molecular weight is 242 g/mol. The van der Waals surface area contributed by atoms with Crippen molar-refractivity contribution in [3.05, 3.63) is 34.7 Å². The highest BCUT2D eigenvalue weighted by Gasteiger charge is 2.02. The highest BCUT2D eigenvalue weighted by atomic mass is 79.9. The third-order valence-corrected chi connectivity index (χ3v) is 2.00. The number of oxazole rings is 1. The molecule has 0 bridgehead atoms. The Morgan fingerprint density at radius 2 is 2.46 bits per heavy atom. The Bertz CT molecular complexity index is 369. The molecule has 0 spiro atoms. The molecule has 0 aliphatic heterocycles. The zero-order valence-corrected chi connectivity index (χ0v) is 8.65. The van der Waals surface area contributed by atoms with E-state index in [9.17, 15) is 0 Å². The van der Waals surface area contributed by atoms with Crippen molar-refractivity contribution in [2.45, 2.75) is 13.5 Å². The summed E-state index contributed by atoms with van der Waals surface area (Å²) in [5.41, 5.74) is 0. The van der Waals surface area contributed by atoms with Crippen LogP contribution in [0.4, 0.5) is 0 Å². The minimum atomic E-state index is 0.569. The van der Waals surface area contributed by atoms with Gasteiger partial charge >= 0.3 is 0 Å². The Kier molecular flexibility index (Phi) is 2.18. The van der Waals surface area contributed by atoms with Gasteiger partial charge in [0, 0.05) is 6.20 Å². The van der Waals surface area contributed by atoms with Gasteiger partial charge in [0.2, 0.25) is 5.89 Å². The number of hydrogen-bond donors (Lipinski definition) is 0. The van der Waals surface area contributed by atoms with E-state index >= 15 is 0 Å². The largest absolute Gasteiger partial charge is 0.444 e. The molecule has 0 saturated carbocycles. The molecule has 0 N–H and O–H groups in total. The smallest absolute Gasteiger partial charge is 0.216 e. The lowest BCUT2D eigenvalue weighted by Crippen LogP contribution is -1.99. The fourth-order valence-electron chi connectivity index (χ4n) is 1.04. The van der Waals surface area contributed by atoms with Gasteiger partial charge in [-0.2, -0.15) is 5.10 Å². The molecule has 0 aliphatic carbocycles. The van der Waals surface area contributed by atoms with Crippen molar-refractivity contribution in [1.29, 1.82) is 0 Å². The van der Waals surface area contributed by atoms with E-state index in [4.69, 9.17) is 4.42 Å². The quantitative estimate of drug-likeness (QED) is 0.808. The molecule has 2 aromatic heterocycles. The normalized spacial score (nSPS) is 10.6. The first-order valence-corrected chi connectivity index (χ1v) is 4.63. The third-order valence-electron chi connectivity index (χ3n) is 1.57. The summed E-state index contributed by atoms with van der Waals surface area (Å²) in [6.45, 7) is 2.44. The van der Waals surface area contributed by atoms with Gasteiger partial charge in [0.25, 0.3) is 0 Å². The minimum Gasteiger partial charge on any atom is -0.444 e. The van der Waals surface area contributed by atoms with Gasteiger partial charge in [0.05, 0.1) is 6.20 Å². The molecule has 0 aromatic carbocycles. The minimum absolute atomic E-state index is 0.569. The molecule has 2 rings (SSSR count). The van der Waals surface area contributed by atoms with Gasteiger partial charge in [-0.1, -0.05) is 0 Å². The molecule has 0 atom stereocenters. The molecular formula is C8H8BrN3O. The Labute approximate surface area is 83.7 Å². The first kappa shape index (κ1) is 8.50. The summed E-state index contributed by atoms with van der Waals surface area (Å²) < 4.78 is 7.88. The van der Waals surface area contributed by atoms with Gasteiger partial charge in [0.15, 0.2) is 0 Å². The first-order valence-electron chi connectivity index (χ1n) is 3.84. The average Bonchev–Trinajstić information content (AvgIpc) is 2.62. The van der Waals surface area contributed by atoms with E-state index in [1.54, 1.807) is 10.9 Å². The zero-order valence-electron chi connectivity index (χ0n) is 7.07. The molecule has 0 aliphatic rings. The number of aryl methyl sites for hydroxylation is 1. The maximum absolute atomic E-state index is 5.31. The summed E-state index contributed by atoms with van der Waals surface area (Å²) in [5, 5.41) is 4.15. The Morgan fingerprint density at radius 1 is 1.62 bits per heavy atom. The number of rotatable bonds is 2. The molecule has 0 radical (unpaired) electrons. The van der Waals surface area contributed by atoms with Crippen LogP contribution in [0.2, 0.25) is 0 Å². The van der Waals surface area contributed by atoms with Gasteiger partial charge in [-0.05, 0) is 28.9 Å². The predicted molar refractivity (Wildman–Crippen MR) is 50.3 cm³/mol. The first-order chi connectivity index (χ1) is 6.24. The van der Waals surface area contributed by atoms with Crippen LogP contribution in [0.1, 0.15) is 11.7 Å². The van der Waals surface area contributed by atoms with E-state index in [0.29, 0.717) is 12.4 Å². The third kappa shape index (κ3) is 1.98. The van der Waals surface area contributed by atoms with E-state index in [2.05, 4.69) is 26.0 Å². The summed E-state index contributed by atoms with van der Waals surface area (Å²) in [6.07, 6.45) is 3.57. The van der Waals surface area contributed by atoms with E-state index < -0.39 is 0 Å². The molecule has 0 unspecified atom stereocenters. The molecule has 2 aromatic rings. The second-order valence-corrected chi connectivity index (χ2v) is 3.51. The fourth-order valence-corrected chi connectivity index (χ4v) is 1.36. The zero-order chi connectivity index (χ0) is 9.26. The van der Waals surface area contributed by atoms with E-state index in [1.807, 2.05) is 19.2 Å². The van der Waals surface area contributed by atoms with Crippen molar-refractivity contribution in [1.82, 2.24) is 14.8 Å². The van der Waals surface area contributed by atoms with Gasteiger partial charge < -0.3 is 4.42 Å². The second-order valence-electron chi connectivity index (χ2n) is 2.70. The van der Waals surface area contributed by atoms with Crippen LogP contribution in [0.5, 0.6) is 0 Å². The van der Waals surface area contributed by atoms with Gasteiger partial charge in [-0.15, -0.1) is 0 Å². The van der Waals surface area contributed by atoms with Crippen molar-refractivity contribution >= 4 is 15.9 Å². The van der Waals surface area contributed by atoms with Crippen LogP contribution in [-0.2, 0) is 6.54 Å². The maximum Gasteiger partial charge on any atom is 0.216 e. The number of aromatic nitrogens is 3. The molecule has 0 saturated heterocycles. The molecule has 5 heteroatoms. The van der Waals surface area contributed by atoms with E-state index in [0.717, 1.165) is 10.4 Å². The number of hydrogen-bond acceptors (Lipinski definition) is 3. The lowest BCUT2D eigenvalue weighted by atomic mass is 10.6. The van der Waals surface area contributed by atoms with Crippen molar-refractivity contribution in [3.8, 4) is 0 Å². The lowest BCUT2D eigenvalue weighted by molar-refractivity contribution is 0.446. The Morgan fingerprint density at radius 3 is 3.00 bits per heavy atom. The summed E-state index contributed by atoms with van der Waals surface area (Å²) in [6, 6.07) is 1.87. The monoisotopic (exact) mass is 241 g/mol. The van der Waals surface area contributed by atoms with Crippen molar-refractivity contribution in [2.75, 3.05) is 0 Å². The van der Waals surface area contributed by atoms with E-state index in [-0.39, 0.29) is 0 Å². The van der Waals surface area contributed by atoms with Crippen LogP contribution in [-0.4, -0.2) is 14.8 Å². The molecule has 2 heterocycles. The summed E-state index contributed by atoms with van der Waals surface area (Å²) in [5.74, 6) is 1.49. The van der Waals surface area contributed by atoms with Crippen LogP contribution in [0.3, 0.4) is 0 Å².